The van der Waals surface area contributed by atoms with Crippen LogP contribution in [0, 0.1) is 0 Å². The molecule has 14 heavy (non-hydrogen) atoms. The molecule has 0 aromatic rings. The Morgan fingerprint density at radius 2 is 1.79 bits per heavy atom. The second kappa shape index (κ2) is 6.65. The van der Waals surface area contributed by atoms with Crippen LogP contribution in [0.4, 0.5) is 4.79 Å². The molecule has 84 valence electrons. The summed E-state index contributed by atoms with van der Waals surface area (Å²) in [5.41, 5.74) is -0.413. The SMILES string of the molecule is CCC(C)(CC)OC(=O)OCCOC. The Labute approximate surface area is 85.5 Å². The van der Waals surface area contributed by atoms with E-state index < -0.39 is 11.8 Å². The van der Waals surface area contributed by atoms with Gasteiger partial charge in [0.1, 0.15) is 12.2 Å². The molecule has 0 bridgehead atoms. The maximum Gasteiger partial charge on any atom is 0.508 e. The first kappa shape index (κ1) is 13.2. The zero-order chi connectivity index (χ0) is 11.0. The highest BCUT2D eigenvalue weighted by atomic mass is 16.7. The molecule has 0 heterocycles. The molecule has 0 aliphatic rings. The molecule has 0 spiro atoms. The highest BCUT2D eigenvalue weighted by Crippen LogP contribution is 2.19. The first-order valence-corrected chi connectivity index (χ1v) is 4.92. The number of carbonyl (C=O) groups excluding carboxylic acids is 1. The van der Waals surface area contributed by atoms with Gasteiger partial charge in [-0.2, -0.15) is 0 Å². The van der Waals surface area contributed by atoms with Crippen molar-refractivity contribution >= 4 is 6.16 Å². The molecule has 0 aliphatic heterocycles. The predicted molar refractivity (Wildman–Crippen MR) is 53.3 cm³/mol. The van der Waals surface area contributed by atoms with Crippen molar-refractivity contribution in [1.82, 2.24) is 0 Å². The van der Waals surface area contributed by atoms with E-state index in [1.807, 2.05) is 20.8 Å². The van der Waals surface area contributed by atoms with Crippen LogP contribution in [-0.2, 0) is 14.2 Å². The Morgan fingerprint density at radius 3 is 2.21 bits per heavy atom. The van der Waals surface area contributed by atoms with Crippen LogP contribution in [0.15, 0.2) is 0 Å². The number of hydrogen-bond acceptors (Lipinski definition) is 4. The van der Waals surface area contributed by atoms with Crippen LogP contribution in [0.2, 0.25) is 0 Å². The Bertz CT molecular complexity index is 164. The van der Waals surface area contributed by atoms with Crippen LogP contribution in [-0.4, -0.2) is 32.1 Å². The summed E-state index contributed by atoms with van der Waals surface area (Å²) in [6, 6.07) is 0. The van der Waals surface area contributed by atoms with Crippen molar-refractivity contribution < 1.29 is 19.0 Å². The molecule has 0 N–H and O–H groups in total. The summed E-state index contributed by atoms with van der Waals surface area (Å²) in [6.07, 6.45) is 0.944. The molecule has 0 aromatic carbocycles. The van der Waals surface area contributed by atoms with Crippen molar-refractivity contribution in [1.29, 1.82) is 0 Å². The van der Waals surface area contributed by atoms with Crippen molar-refractivity contribution in [2.24, 2.45) is 0 Å². The lowest BCUT2D eigenvalue weighted by Gasteiger charge is -2.26. The van der Waals surface area contributed by atoms with Gasteiger partial charge in [-0.3, -0.25) is 0 Å². The summed E-state index contributed by atoms with van der Waals surface area (Å²) in [6.45, 7) is 6.48. The molecule has 0 amide bonds. The summed E-state index contributed by atoms with van der Waals surface area (Å²) in [4.78, 5) is 11.2. The lowest BCUT2D eigenvalue weighted by atomic mass is 10.0. The molecule has 0 radical (unpaired) electrons. The van der Waals surface area contributed by atoms with Gasteiger partial charge in [-0.15, -0.1) is 0 Å². The van der Waals surface area contributed by atoms with E-state index in [1.54, 1.807) is 7.11 Å². The molecule has 4 nitrogen and oxygen atoms in total. The number of ether oxygens (including phenoxy) is 3. The van der Waals surface area contributed by atoms with Crippen molar-refractivity contribution in [3.63, 3.8) is 0 Å². The number of methoxy groups -OCH3 is 1. The van der Waals surface area contributed by atoms with Gasteiger partial charge in [0.05, 0.1) is 6.61 Å². The zero-order valence-electron chi connectivity index (χ0n) is 9.46. The van der Waals surface area contributed by atoms with E-state index in [0.29, 0.717) is 6.61 Å². The minimum absolute atomic E-state index is 0.235. The first-order valence-electron chi connectivity index (χ1n) is 4.92. The molecular formula is C10H20O4. The fraction of sp³-hybridized carbons (Fsp3) is 0.900. The molecular weight excluding hydrogens is 184 g/mol. The second-order valence-electron chi connectivity index (χ2n) is 3.35. The van der Waals surface area contributed by atoms with Crippen LogP contribution in [0.3, 0.4) is 0 Å². The smallest absolute Gasteiger partial charge is 0.432 e. The fourth-order valence-electron chi connectivity index (χ4n) is 0.833. The minimum atomic E-state index is -0.617. The molecule has 0 aliphatic carbocycles. The summed E-state index contributed by atoms with van der Waals surface area (Å²) in [5.74, 6) is 0. The lowest BCUT2D eigenvalue weighted by Crippen LogP contribution is -2.30. The molecule has 0 unspecified atom stereocenters. The number of rotatable bonds is 6. The van der Waals surface area contributed by atoms with Gasteiger partial charge in [-0.1, -0.05) is 13.8 Å². The normalized spacial score (nSPS) is 11.1. The van der Waals surface area contributed by atoms with Gasteiger partial charge in [0.2, 0.25) is 0 Å². The highest BCUT2D eigenvalue weighted by Gasteiger charge is 2.25. The predicted octanol–water partition coefficient (Wildman–Crippen LogP) is 2.36. The molecule has 0 aromatic heterocycles. The van der Waals surface area contributed by atoms with E-state index >= 15 is 0 Å². The lowest BCUT2D eigenvalue weighted by molar-refractivity contribution is -0.0355. The van der Waals surface area contributed by atoms with E-state index in [1.165, 1.54) is 0 Å². The summed E-state index contributed by atoms with van der Waals surface area (Å²) in [5, 5.41) is 0. The third kappa shape index (κ3) is 5.07. The quantitative estimate of drug-likeness (QED) is 0.492. The fourth-order valence-corrected chi connectivity index (χ4v) is 0.833. The largest absolute Gasteiger partial charge is 0.508 e. The Hall–Kier alpha value is -0.770. The molecule has 0 fully saturated rings. The summed E-state index contributed by atoms with van der Waals surface area (Å²) in [7, 11) is 1.55. The third-order valence-corrected chi connectivity index (χ3v) is 2.33. The van der Waals surface area contributed by atoms with Gasteiger partial charge in [0.15, 0.2) is 0 Å². The molecule has 0 saturated carbocycles. The average molecular weight is 204 g/mol. The maximum absolute atomic E-state index is 11.2. The third-order valence-electron chi connectivity index (χ3n) is 2.33. The van der Waals surface area contributed by atoms with Crippen molar-refractivity contribution in [2.45, 2.75) is 39.2 Å². The van der Waals surface area contributed by atoms with Crippen molar-refractivity contribution in [3.8, 4) is 0 Å². The first-order chi connectivity index (χ1) is 6.58. The van der Waals surface area contributed by atoms with E-state index in [-0.39, 0.29) is 6.61 Å². The maximum atomic E-state index is 11.2. The summed E-state index contributed by atoms with van der Waals surface area (Å²) >= 11 is 0. The second-order valence-corrected chi connectivity index (χ2v) is 3.35. The standard InChI is InChI=1S/C10H20O4/c1-5-10(3,6-2)14-9(11)13-8-7-12-4/h5-8H2,1-4H3. The Morgan fingerprint density at radius 1 is 1.21 bits per heavy atom. The van der Waals surface area contributed by atoms with E-state index in [9.17, 15) is 4.79 Å². The molecule has 4 heteroatoms. The molecule has 0 saturated heterocycles. The van der Waals surface area contributed by atoms with Gasteiger partial charge in [-0.25, -0.2) is 4.79 Å². The van der Waals surface area contributed by atoms with Crippen molar-refractivity contribution in [2.75, 3.05) is 20.3 Å². The van der Waals surface area contributed by atoms with Crippen LogP contribution in [0.5, 0.6) is 0 Å². The van der Waals surface area contributed by atoms with Gasteiger partial charge in [0, 0.05) is 7.11 Å². The highest BCUT2D eigenvalue weighted by molar-refractivity contribution is 5.60. The zero-order valence-corrected chi connectivity index (χ0v) is 9.46. The van der Waals surface area contributed by atoms with Gasteiger partial charge in [-0.05, 0) is 19.8 Å². The van der Waals surface area contributed by atoms with Crippen LogP contribution in [0.25, 0.3) is 0 Å². The van der Waals surface area contributed by atoms with E-state index in [0.717, 1.165) is 12.8 Å². The number of carbonyl (C=O) groups is 1. The van der Waals surface area contributed by atoms with Crippen LogP contribution < -0.4 is 0 Å². The van der Waals surface area contributed by atoms with Crippen LogP contribution in [0.1, 0.15) is 33.6 Å². The molecule has 0 rings (SSSR count). The number of hydrogen-bond donors (Lipinski definition) is 0. The molecule has 0 atom stereocenters. The van der Waals surface area contributed by atoms with E-state index in [2.05, 4.69) is 0 Å². The Balaban J connectivity index is 3.80. The van der Waals surface area contributed by atoms with Crippen LogP contribution >= 0.6 is 0 Å². The topological polar surface area (TPSA) is 44.8 Å². The van der Waals surface area contributed by atoms with Gasteiger partial charge < -0.3 is 14.2 Å². The van der Waals surface area contributed by atoms with Gasteiger partial charge in [0.25, 0.3) is 0 Å². The minimum Gasteiger partial charge on any atom is -0.432 e. The van der Waals surface area contributed by atoms with Gasteiger partial charge >= 0.3 is 6.16 Å². The summed E-state index contributed by atoms with van der Waals surface area (Å²) < 4.78 is 14.7. The van der Waals surface area contributed by atoms with E-state index in [4.69, 9.17) is 14.2 Å². The monoisotopic (exact) mass is 204 g/mol. The Kier molecular flexibility index (Phi) is 6.28. The van der Waals surface area contributed by atoms with Crippen molar-refractivity contribution in [3.05, 3.63) is 0 Å². The average Bonchev–Trinajstić information content (AvgIpc) is 2.18.